The van der Waals surface area contributed by atoms with Gasteiger partial charge in [0.15, 0.2) is 5.82 Å². The fourth-order valence-electron chi connectivity index (χ4n) is 4.45. The van der Waals surface area contributed by atoms with Crippen LogP contribution in [0.15, 0.2) is 18.3 Å². The van der Waals surface area contributed by atoms with Gasteiger partial charge in [-0.15, -0.1) is 0 Å². The van der Waals surface area contributed by atoms with E-state index in [9.17, 15) is 18.6 Å². The third kappa shape index (κ3) is 5.18. The molecule has 1 fully saturated rings. The molecule has 1 aliphatic heterocycles. The number of imidazole rings is 1. The van der Waals surface area contributed by atoms with Crippen LogP contribution in [0.5, 0.6) is 0 Å². The molecule has 3 atom stereocenters. The van der Waals surface area contributed by atoms with Crippen molar-refractivity contribution in [2.45, 2.75) is 57.9 Å². The number of rotatable bonds is 5. The van der Waals surface area contributed by atoms with Gasteiger partial charge in [0.2, 0.25) is 16.0 Å². The first kappa shape index (κ1) is 26.7. The van der Waals surface area contributed by atoms with Crippen LogP contribution in [0.3, 0.4) is 0 Å². The Labute approximate surface area is 214 Å². The molecule has 10 nitrogen and oxygen atoms in total. The summed E-state index contributed by atoms with van der Waals surface area (Å²) in [6.07, 6.45) is 0.967. The van der Waals surface area contributed by atoms with Crippen molar-refractivity contribution in [3.8, 4) is 11.3 Å². The minimum atomic E-state index is -3.40. The molecule has 13 heteroatoms. The van der Waals surface area contributed by atoms with Gasteiger partial charge in [-0.2, -0.15) is 4.31 Å². The largest absolute Gasteiger partial charge is 0.390 e. The predicted molar refractivity (Wildman–Crippen MR) is 136 cm³/mol. The topological polar surface area (TPSA) is 133 Å². The number of nitrogens with one attached hydrogen (secondary N) is 1. The molecule has 4 rings (SSSR count). The van der Waals surface area contributed by atoms with Gasteiger partial charge >= 0.3 is 0 Å². The number of halogens is 2. The normalized spacial score (nSPS) is 20.6. The Morgan fingerprint density at radius 3 is 2.56 bits per heavy atom. The number of fused-ring (bicyclic) bond motifs is 1. The van der Waals surface area contributed by atoms with E-state index in [0.717, 1.165) is 6.26 Å². The quantitative estimate of drug-likeness (QED) is 0.450. The fourth-order valence-corrected chi connectivity index (χ4v) is 5.51. The van der Waals surface area contributed by atoms with E-state index < -0.39 is 39.6 Å². The second kappa shape index (κ2) is 9.49. The average molecular weight is 541 g/mol. The highest BCUT2D eigenvalue weighted by Crippen LogP contribution is 2.35. The summed E-state index contributed by atoms with van der Waals surface area (Å²) >= 11 is 6.40. The number of β-amino-alcohol motifs (C(OH)–C–C–N with tert-alkyl or cyclic N) is 1. The van der Waals surface area contributed by atoms with E-state index >= 15 is 4.39 Å². The number of nitrogens with zero attached hydrogens (tertiary/aromatic N) is 5. The predicted octanol–water partition coefficient (Wildman–Crippen LogP) is 2.90. The van der Waals surface area contributed by atoms with Crippen LogP contribution in [-0.4, -0.2) is 73.9 Å². The third-order valence-electron chi connectivity index (χ3n) is 6.13. The van der Waals surface area contributed by atoms with E-state index in [1.807, 2.05) is 20.8 Å². The van der Waals surface area contributed by atoms with E-state index in [4.69, 9.17) is 11.6 Å². The van der Waals surface area contributed by atoms with Gasteiger partial charge in [-0.05, 0) is 46.2 Å². The molecular weight excluding hydrogens is 511 g/mol. The molecule has 36 heavy (non-hydrogen) atoms. The van der Waals surface area contributed by atoms with Crippen molar-refractivity contribution in [2.24, 2.45) is 0 Å². The summed E-state index contributed by atoms with van der Waals surface area (Å²) in [6, 6.07) is 2.53. The maximum absolute atomic E-state index is 15.2. The van der Waals surface area contributed by atoms with Crippen molar-refractivity contribution in [1.82, 2.24) is 23.8 Å². The van der Waals surface area contributed by atoms with E-state index in [1.54, 1.807) is 17.6 Å². The molecule has 0 radical (unpaired) electrons. The van der Waals surface area contributed by atoms with Crippen LogP contribution in [0.4, 0.5) is 10.3 Å². The summed E-state index contributed by atoms with van der Waals surface area (Å²) in [7, 11) is -3.40. The molecule has 3 aromatic rings. The molecule has 1 aliphatic rings. The van der Waals surface area contributed by atoms with Crippen LogP contribution < -0.4 is 5.32 Å². The molecular formula is C23H30ClFN6O4S. The van der Waals surface area contributed by atoms with Gasteiger partial charge < -0.3 is 20.1 Å². The van der Waals surface area contributed by atoms with Gasteiger partial charge in [0.1, 0.15) is 17.4 Å². The third-order valence-corrected chi connectivity index (χ3v) is 7.68. The van der Waals surface area contributed by atoms with E-state index in [1.165, 1.54) is 16.6 Å². The Kier molecular flexibility index (Phi) is 7.03. The van der Waals surface area contributed by atoms with Gasteiger partial charge in [0, 0.05) is 24.2 Å². The highest BCUT2D eigenvalue weighted by atomic mass is 35.5. The molecule has 0 aliphatic carbocycles. The minimum Gasteiger partial charge on any atom is -0.390 e. The number of aliphatic hydroxyl groups excluding tert-OH is 2. The van der Waals surface area contributed by atoms with Crippen molar-refractivity contribution >= 4 is 38.6 Å². The summed E-state index contributed by atoms with van der Waals surface area (Å²) in [5.74, 6) is -0.0694. The Bertz CT molecular complexity index is 1410. The van der Waals surface area contributed by atoms with E-state index in [2.05, 4.69) is 20.3 Å². The second-order valence-corrected chi connectivity index (χ2v) is 12.5. The summed E-state index contributed by atoms with van der Waals surface area (Å²) in [4.78, 5) is 13.0. The lowest BCUT2D eigenvalue weighted by Crippen LogP contribution is -2.51. The van der Waals surface area contributed by atoms with Gasteiger partial charge in [0.25, 0.3) is 0 Å². The number of anilines is 1. The molecule has 0 spiro atoms. The standard InChI is InChI=1S/C23H30ClFN6O4S/c1-12(32)21-28-20-15(25)8-13(9-17(20)31(21)23(2,3)4)19-14(24)10-26-22(29-19)27-16-6-7-30(11-18(16)33)36(5,34)35/h8-10,12,16,18,32-33H,6-7,11H2,1-5H3,(H,26,27,29)/t12-,16-,18-/m1/s1. The Hall–Kier alpha value is -2.38. The number of aliphatic hydroxyl groups is 2. The number of piperidine rings is 1. The zero-order valence-electron chi connectivity index (χ0n) is 20.7. The molecule has 0 saturated carbocycles. The number of hydrogen-bond acceptors (Lipinski definition) is 8. The summed E-state index contributed by atoms with van der Waals surface area (Å²) in [6.45, 7) is 7.59. The molecule has 3 N–H and O–H groups in total. The Morgan fingerprint density at radius 1 is 1.28 bits per heavy atom. The van der Waals surface area contributed by atoms with Gasteiger partial charge in [-0.3, -0.25) is 0 Å². The molecule has 0 unspecified atom stereocenters. The van der Waals surface area contributed by atoms with Gasteiger partial charge in [-0.1, -0.05) is 11.6 Å². The number of hydrogen-bond donors (Lipinski definition) is 3. The van der Waals surface area contributed by atoms with Crippen LogP contribution in [-0.2, 0) is 15.6 Å². The zero-order valence-corrected chi connectivity index (χ0v) is 22.3. The number of aromatic nitrogens is 4. The first-order chi connectivity index (χ1) is 16.7. The number of benzene rings is 1. The van der Waals surface area contributed by atoms with Crippen molar-refractivity contribution in [1.29, 1.82) is 0 Å². The highest BCUT2D eigenvalue weighted by molar-refractivity contribution is 7.88. The maximum Gasteiger partial charge on any atom is 0.223 e. The maximum atomic E-state index is 15.2. The van der Waals surface area contributed by atoms with Gasteiger partial charge in [-0.25, -0.2) is 27.8 Å². The van der Waals surface area contributed by atoms with Gasteiger partial charge in [0.05, 0.1) is 40.8 Å². The van der Waals surface area contributed by atoms with E-state index in [0.29, 0.717) is 23.3 Å². The first-order valence-electron chi connectivity index (χ1n) is 11.5. The smallest absolute Gasteiger partial charge is 0.223 e. The Balaban J connectivity index is 1.71. The lowest BCUT2D eigenvalue weighted by atomic mass is 10.0. The average Bonchev–Trinajstić information content (AvgIpc) is 3.17. The molecule has 196 valence electrons. The highest BCUT2D eigenvalue weighted by Gasteiger charge is 2.32. The van der Waals surface area contributed by atoms with E-state index in [-0.39, 0.29) is 35.3 Å². The van der Waals surface area contributed by atoms with Crippen molar-refractivity contribution < 1.29 is 23.0 Å². The summed E-state index contributed by atoms with van der Waals surface area (Å²) in [5, 5.41) is 24.0. The minimum absolute atomic E-state index is 0.0404. The fraction of sp³-hybridized carbons (Fsp3) is 0.522. The second-order valence-electron chi connectivity index (χ2n) is 10.1. The van der Waals surface area contributed by atoms with Crippen molar-refractivity contribution in [3.05, 3.63) is 35.0 Å². The molecule has 3 heterocycles. The van der Waals surface area contributed by atoms with Crippen molar-refractivity contribution in [3.63, 3.8) is 0 Å². The zero-order chi connectivity index (χ0) is 26.6. The van der Waals surface area contributed by atoms with Crippen LogP contribution in [0.25, 0.3) is 22.3 Å². The summed E-state index contributed by atoms with van der Waals surface area (Å²) in [5.41, 5.74) is 0.796. The van der Waals surface area contributed by atoms with Crippen LogP contribution in [0.1, 0.15) is 46.0 Å². The van der Waals surface area contributed by atoms with Crippen molar-refractivity contribution in [2.75, 3.05) is 24.7 Å². The van der Waals surface area contributed by atoms with Crippen LogP contribution >= 0.6 is 11.6 Å². The lowest BCUT2D eigenvalue weighted by molar-refractivity contribution is 0.0950. The van der Waals surface area contributed by atoms with Crippen LogP contribution in [0.2, 0.25) is 5.02 Å². The molecule has 1 saturated heterocycles. The summed E-state index contributed by atoms with van der Waals surface area (Å²) < 4.78 is 41.8. The monoisotopic (exact) mass is 540 g/mol. The molecule has 1 aromatic carbocycles. The number of sulfonamides is 1. The lowest BCUT2D eigenvalue weighted by Gasteiger charge is -2.34. The first-order valence-corrected chi connectivity index (χ1v) is 13.7. The SMILES string of the molecule is C[C@@H](O)c1nc2c(F)cc(-c3nc(N[C@@H]4CCN(S(C)(=O)=O)C[C@H]4O)ncc3Cl)cc2n1C(C)(C)C. The molecule has 0 amide bonds. The molecule has 0 bridgehead atoms. The molecule has 2 aromatic heterocycles. The van der Waals surface area contributed by atoms with Crippen LogP contribution in [0, 0.1) is 5.82 Å². The Morgan fingerprint density at radius 2 is 1.97 bits per heavy atom.